The van der Waals surface area contributed by atoms with Crippen LogP contribution in [0.5, 0.6) is 0 Å². The van der Waals surface area contributed by atoms with Crippen molar-refractivity contribution in [3.05, 3.63) is 51.4 Å². The van der Waals surface area contributed by atoms with Crippen molar-refractivity contribution in [3.8, 4) is 0 Å². The highest BCUT2D eigenvalue weighted by Gasteiger charge is 2.49. The quantitative estimate of drug-likeness (QED) is 0.661. The molecular formula is C19H18ClF4N3O3S. The monoisotopic (exact) mass is 479 g/mol. The Morgan fingerprint density at radius 2 is 1.81 bits per heavy atom. The Balaban J connectivity index is 1.46. The van der Waals surface area contributed by atoms with Crippen molar-refractivity contribution in [2.45, 2.75) is 37.0 Å². The smallest absolute Gasteiger partial charge is 0.348 e. The SMILES string of the molecule is Cc1[nH]c(S(=O)(=O)N[C@@H]2Cc3cc(F)c(Cl)cc3C2)cc1C(=O)N1CC(C(F)(F)F)C1. The Morgan fingerprint density at radius 3 is 2.42 bits per heavy atom. The summed E-state index contributed by atoms with van der Waals surface area (Å²) < 4.78 is 79.7. The van der Waals surface area contributed by atoms with Crippen molar-refractivity contribution >= 4 is 27.5 Å². The average Bonchev–Trinajstić information content (AvgIpc) is 3.15. The van der Waals surface area contributed by atoms with E-state index in [1.54, 1.807) is 0 Å². The first-order chi connectivity index (χ1) is 14.3. The number of aromatic nitrogens is 1. The van der Waals surface area contributed by atoms with E-state index in [0.29, 0.717) is 12.0 Å². The number of hydrogen-bond donors (Lipinski definition) is 2. The highest BCUT2D eigenvalue weighted by molar-refractivity contribution is 7.89. The number of hydrogen-bond acceptors (Lipinski definition) is 3. The van der Waals surface area contributed by atoms with Gasteiger partial charge in [-0.3, -0.25) is 4.79 Å². The lowest BCUT2D eigenvalue weighted by molar-refractivity contribution is -0.202. The summed E-state index contributed by atoms with van der Waals surface area (Å²) in [6.45, 7) is 0.572. The van der Waals surface area contributed by atoms with Gasteiger partial charge in [0.25, 0.3) is 15.9 Å². The van der Waals surface area contributed by atoms with E-state index >= 15 is 0 Å². The van der Waals surface area contributed by atoms with Gasteiger partial charge in [0, 0.05) is 24.8 Å². The Bertz CT molecular complexity index is 1130. The van der Waals surface area contributed by atoms with Gasteiger partial charge in [0.05, 0.1) is 16.5 Å². The zero-order valence-corrected chi connectivity index (χ0v) is 17.8. The molecule has 1 aromatic heterocycles. The molecule has 4 rings (SSSR count). The molecule has 2 heterocycles. The lowest BCUT2D eigenvalue weighted by Gasteiger charge is -2.40. The Hall–Kier alpha value is -2.11. The third kappa shape index (κ3) is 4.18. The molecule has 1 saturated heterocycles. The highest BCUT2D eigenvalue weighted by Crippen LogP contribution is 2.34. The summed E-state index contributed by atoms with van der Waals surface area (Å²) in [6, 6.07) is 3.35. The van der Waals surface area contributed by atoms with E-state index in [9.17, 15) is 30.8 Å². The summed E-state index contributed by atoms with van der Waals surface area (Å²) in [5.74, 6) is -2.80. The van der Waals surface area contributed by atoms with Crippen molar-refractivity contribution in [1.29, 1.82) is 0 Å². The number of benzene rings is 1. The van der Waals surface area contributed by atoms with Crippen LogP contribution in [-0.2, 0) is 22.9 Å². The minimum absolute atomic E-state index is 0.00422. The van der Waals surface area contributed by atoms with Crippen molar-refractivity contribution < 1.29 is 30.8 Å². The van der Waals surface area contributed by atoms with Gasteiger partial charge in [-0.05, 0) is 49.1 Å². The number of halogens is 5. The van der Waals surface area contributed by atoms with Gasteiger partial charge in [0.2, 0.25) is 0 Å². The van der Waals surface area contributed by atoms with Crippen molar-refractivity contribution in [2.24, 2.45) is 5.92 Å². The molecule has 1 aliphatic heterocycles. The Morgan fingerprint density at radius 1 is 1.19 bits per heavy atom. The maximum atomic E-state index is 13.6. The Labute approximate surface area is 180 Å². The molecule has 0 bridgehead atoms. The number of rotatable bonds is 4. The third-order valence-electron chi connectivity index (χ3n) is 5.64. The van der Waals surface area contributed by atoms with Gasteiger partial charge in [0.15, 0.2) is 0 Å². The summed E-state index contributed by atoms with van der Waals surface area (Å²) in [5.41, 5.74) is 1.65. The predicted molar refractivity (Wildman–Crippen MR) is 104 cm³/mol. The van der Waals surface area contributed by atoms with Gasteiger partial charge in [-0.1, -0.05) is 11.6 Å². The van der Waals surface area contributed by atoms with E-state index in [2.05, 4.69) is 9.71 Å². The van der Waals surface area contributed by atoms with Crippen LogP contribution in [0.2, 0.25) is 5.02 Å². The molecular weight excluding hydrogens is 462 g/mol. The minimum Gasteiger partial charge on any atom is -0.348 e. The molecule has 31 heavy (non-hydrogen) atoms. The minimum atomic E-state index is -4.37. The number of alkyl halides is 3. The summed E-state index contributed by atoms with van der Waals surface area (Å²) in [7, 11) is -4.05. The summed E-state index contributed by atoms with van der Waals surface area (Å²) in [4.78, 5) is 16.1. The topological polar surface area (TPSA) is 82.3 Å². The number of carbonyl (C=O) groups excluding carboxylic acids is 1. The molecule has 0 radical (unpaired) electrons. The number of fused-ring (bicyclic) bond motifs is 1. The molecule has 12 heteroatoms. The highest BCUT2D eigenvalue weighted by atomic mass is 35.5. The van der Waals surface area contributed by atoms with Crippen LogP contribution >= 0.6 is 11.6 Å². The van der Waals surface area contributed by atoms with Gasteiger partial charge < -0.3 is 9.88 Å². The molecule has 1 atom stereocenters. The van der Waals surface area contributed by atoms with E-state index in [1.807, 2.05) is 0 Å². The Kier molecular flexibility index (Phi) is 5.34. The first kappa shape index (κ1) is 22.1. The fourth-order valence-corrected chi connectivity index (χ4v) is 5.37. The molecule has 0 unspecified atom stereocenters. The van der Waals surface area contributed by atoms with Crippen LogP contribution in [0.3, 0.4) is 0 Å². The predicted octanol–water partition coefficient (Wildman–Crippen LogP) is 3.20. The van der Waals surface area contributed by atoms with Crippen LogP contribution in [0, 0.1) is 18.7 Å². The van der Waals surface area contributed by atoms with E-state index in [1.165, 1.54) is 19.1 Å². The maximum absolute atomic E-state index is 13.6. The van der Waals surface area contributed by atoms with Gasteiger partial charge in [-0.15, -0.1) is 0 Å². The first-order valence-corrected chi connectivity index (χ1v) is 11.3. The molecule has 1 amide bonds. The van der Waals surface area contributed by atoms with Crippen LogP contribution in [-0.4, -0.2) is 49.5 Å². The van der Waals surface area contributed by atoms with Crippen LogP contribution in [0.1, 0.15) is 27.2 Å². The van der Waals surface area contributed by atoms with Gasteiger partial charge in [-0.25, -0.2) is 17.5 Å². The van der Waals surface area contributed by atoms with Crippen molar-refractivity contribution in [2.75, 3.05) is 13.1 Å². The molecule has 2 N–H and O–H groups in total. The number of amides is 1. The number of nitrogens with zero attached hydrogens (tertiary/aromatic N) is 1. The first-order valence-electron chi connectivity index (χ1n) is 9.40. The molecule has 2 aliphatic rings. The molecule has 1 fully saturated rings. The number of nitrogens with one attached hydrogen (secondary N) is 2. The van der Waals surface area contributed by atoms with Crippen LogP contribution in [0.4, 0.5) is 17.6 Å². The summed E-state index contributed by atoms with van der Waals surface area (Å²) >= 11 is 5.78. The fraction of sp³-hybridized carbons (Fsp3) is 0.421. The van der Waals surface area contributed by atoms with Crippen LogP contribution in [0.25, 0.3) is 0 Å². The summed E-state index contributed by atoms with van der Waals surface area (Å²) in [6.07, 6.45) is -3.76. The second-order valence-electron chi connectivity index (χ2n) is 7.88. The molecule has 168 valence electrons. The molecule has 6 nitrogen and oxygen atoms in total. The molecule has 0 spiro atoms. The second-order valence-corrected chi connectivity index (χ2v) is 9.97. The molecule has 0 saturated carbocycles. The number of H-pyrrole nitrogens is 1. The van der Waals surface area contributed by atoms with E-state index in [-0.39, 0.29) is 27.7 Å². The van der Waals surface area contributed by atoms with Crippen molar-refractivity contribution in [1.82, 2.24) is 14.6 Å². The average molecular weight is 480 g/mol. The van der Waals surface area contributed by atoms with Gasteiger partial charge in [0.1, 0.15) is 10.8 Å². The van der Waals surface area contributed by atoms with E-state index < -0.39 is 53.0 Å². The largest absolute Gasteiger partial charge is 0.395 e. The van der Waals surface area contributed by atoms with Crippen LogP contribution < -0.4 is 4.72 Å². The lowest BCUT2D eigenvalue weighted by atomic mass is 9.98. The maximum Gasteiger partial charge on any atom is 0.395 e. The molecule has 2 aromatic rings. The lowest BCUT2D eigenvalue weighted by Crippen LogP contribution is -2.55. The zero-order valence-electron chi connectivity index (χ0n) is 16.2. The van der Waals surface area contributed by atoms with Gasteiger partial charge >= 0.3 is 6.18 Å². The zero-order chi connectivity index (χ0) is 22.7. The number of aromatic amines is 1. The fourth-order valence-electron chi connectivity index (χ4n) is 3.89. The third-order valence-corrected chi connectivity index (χ3v) is 7.37. The second kappa shape index (κ2) is 7.49. The van der Waals surface area contributed by atoms with Crippen LogP contribution in [0.15, 0.2) is 23.2 Å². The summed E-state index contributed by atoms with van der Waals surface area (Å²) in [5, 5.41) is -0.300. The van der Waals surface area contributed by atoms with Gasteiger partial charge in [-0.2, -0.15) is 13.2 Å². The number of carbonyl (C=O) groups is 1. The standard InChI is InChI=1S/C19H18ClF4N3O3S/c1-9-14(18(28)27-7-12(8-27)19(22,23)24)6-17(25-9)31(29,30)26-13-2-10-4-15(20)16(21)5-11(10)3-13/h4-6,12-13,25-26H,2-3,7-8H2,1H3/t13-/m0/s1. The number of aryl methyl sites for hydroxylation is 1. The van der Waals surface area contributed by atoms with E-state index in [0.717, 1.165) is 16.5 Å². The van der Waals surface area contributed by atoms with E-state index in [4.69, 9.17) is 11.6 Å². The molecule has 1 aliphatic carbocycles. The van der Waals surface area contributed by atoms with Crippen molar-refractivity contribution in [3.63, 3.8) is 0 Å². The normalized spacial score (nSPS) is 19.4. The molecule has 1 aromatic carbocycles. The number of sulfonamides is 1. The number of likely N-dealkylation sites (tertiary alicyclic amines) is 1.